The van der Waals surface area contributed by atoms with Crippen molar-refractivity contribution in [2.45, 2.75) is 31.2 Å². The number of rotatable bonds is 5. The van der Waals surface area contributed by atoms with Crippen LogP contribution in [0.2, 0.25) is 10.0 Å². The van der Waals surface area contributed by atoms with Crippen molar-refractivity contribution in [3.8, 4) is 5.75 Å². The number of piperidine rings is 1. The lowest BCUT2D eigenvalue weighted by Gasteiger charge is -2.39. The third-order valence-corrected chi connectivity index (χ3v) is 6.48. The van der Waals surface area contributed by atoms with Crippen LogP contribution in [0.1, 0.15) is 24.8 Å². The molecule has 2 heterocycles. The Morgan fingerprint density at radius 2 is 1.88 bits per heavy atom. The van der Waals surface area contributed by atoms with Gasteiger partial charge in [0.1, 0.15) is 29.5 Å². The van der Waals surface area contributed by atoms with Gasteiger partial charge in [0.15, 0.2) is 0 Å². The molecule has 0 unspecified atom stereocenters. The van der Waals surface area contributed by atoms with E-state index in [2.05, 4.69) is 10.3 Å². The van der Waals surface area contributed by atoms with E-state index in [1.54, 1.807) is 6.08 Å². The van der Waals surface area contributed by atoms with Crippen LogP contribution in [0.4, 0.5) is 20.2 Å². The van der Waals surface area contributed by atoms with Gasteiger partial charge in [0, 0.05) is 25.1 Å². The van der Waals surface area contributed by atoms with Crippen LogP contribution in [-0.4, -0.2) is 37.2 Å². The summed E-state index contributed by atoms with van der Waals surface area (Å²) in [5, 5.41) is 2.76. The summed E-state index contributed by atoms with van der Waals surface area (Å²) < 4.78 is 33.7. The first-order valence-electron chi connectivity index (χ1n) is 10.0. The Morgan fingerprint density at radius 1 is 1.12 bits per heavy atom. The number of amides is 1. The summed E-state index contributed by atoms with van der Waals surface area (Å²) in [5.74, 6) is -0.922. The molecule has 2 aromatic carbocycles. The van der Waals surface area contributed by atoms with Crippen LogP contribution in [-0.2, 0) is 16.0 Å². The van der Waals surface area contributed by atoms with Crippen molar-refractivity contribution in [2.75, 3.05) is 29.9 Å². The molecule has 0 saturated carbocycles. The molecule has 0 bridgehead atoms. The zero-order chi connectivity index (χ0) is 22.9. The van der Waals surface area contributed by atoms with Crippen LogP contribution >= 0.6 is 23.2 Å². The monoisotopic (exact) mass is 481 g/mol. The van der Waals surface area contributed by atoms with Crippen LogP contribution in [0.5, 0.6) is 5.75 Å². The van der Waals surface area contributed by atoms with E-state index in [4.69, 9.17) is 27.9 Å². The number of fused-ring (bicyclic) bond motifs is 1. The molecule has 2 aromatic rings. The number of halogens is 4. The SMILES string of the molecule is O=C=NC1(COc2ccc(F)c3c2CCC(=O)N3)CCN(c2cc(Cl)c(F)cc2Cl)CC1. The Labute approximate surface area is 193 Å². The number of nitrogens with zero attached hydrogens (tertiary/aromatic N) is 2. The van der Waals surface area contributed by atoms with Gasteiger partial charge in [0.2, 0.25) is 12.0 Å². The first kappa shape index (κ1) is 22.5. The predicted octanol–water partition coefficient (Wildman–Crippen LogP) is 4.91. The van der Waals surface area contributed by atoms with Crippen molar-refractivity contribution < 1.29 is 23.1 Å². The van der Waals surface area contributed by atoms with Crippen LogP contribution < -0.4 is 15.0 Å². The van der Waals surface area contributed by atoms with Gasteiger partial charge in [-0.25, -0.2) is 13.6 Å². The van der Waals surface area contributed by atoms with Gasteiger partial charge in [-0.2, -0.15) is 4.99 Å². The lowest BCUT2D eigenvalue weighted by molar-refractivity contribution is -0.116. The van der Waals surface area contributed by atoms with Gasteiger partial charge in [-0.1, -0.05) is 23.2 Å². The standard InChI is InChI=1S/C22H19Cl2F2N3O3/c23-14-10-18(15(24)9-17(14)26)29-7-5-22(6-8-29,27-12-30)11-32-19-3-2-16(25)21-13(19)1-4-20(31)28-21/h2-3,9-10H,1,4-8,11H2,(H,28,31). The molecule has 1 saturated heterocycles. The largest absolute Gasteiger partial charge is 0.491 e. The molecule has 2 aliphatic heterocycles. The number of benzene rings is 2. The van der Waals surface area contributed by atoms with Crippen molar-refractivity contribution >= 4 is 46.6 Å². The number of isocyanates is 1. The Hall–Kier alpha value is -2.67. The fraction of sp³-hybridized carbons (Fsp3) is 0.364. The molecule has 0 atom stereocenters. The molecule has 0 spiro atoms. The van der Waals surface area contributed by atoms with Crippen molar-refractivity contribution in [1.82, 2.24) is 0 Å². The summed E-state index contributed by atoms with van der Waals surface area (Å²) in [6.45, 7) is 1.04. The number of hydrogen-bond donors (Lipinski definition) is 1. The summed E-state index contributed by atoms with van der Waals surface area (Å²) in [6, 6.07) is 5.40. The normalized spacial score (nSPS) is 17.2. The van der Waals surface area contributed by atoms with Gasteiger partial charge in [-0.05, 0) is 43.5 Å². The minimum atomic E-state index is -0.826. The molecule has 1 amide bonds. The number of carbonyl (C=O) groups is 1. The van der Waals surface area contributed by atoms with Crippen LogP contribution in [0, 0.1) is 11.6 Å². The molecule has 1 fully saturated rings. The second-order valence-corrected chi connectivity index (χ2v) is 8.68. The highest BCUT2D eigenvalue weighted by Gasteiger charge is 2.37. The maximum Gasteiger partial charge on any atom is 0.235 e. The van der Waals surface area contributed by atoms with E-state index in [-0.39, 0.29) is 34.7 Å². The van der Waals surface area contributed by atoms with Gasteiger partial charge < -0.3 is 15.0 Å². The van der Waals surface area contributed by atoms with Crippen molar-refractivity contribution in [3.63, 3.8) is 0 Å². The Bertz CT molecular complexity index is 1110. The van der Waals surface area contributed by atoms with Crippen LogP contribution in [0.15, 0.2) is 29.3 Å². The average Bonchev–Trinajstić information content (AvgIpc) is 2.77. The fourth-order valence-electron chi connectivity index (χ4n) is 4.07. The molecule has 6 nitrogen and oxygen atoms in total. The molecule has 1 N–H and O–H groups in total. The number of aliphatic imine (C=N–C) groups is 1. The second-order valence-electron chi connectivity index (χ2n) is 7.87. The zero-order valence-corrected chi connectivity index (χ0v) is 18.4. The summed E-state index contributed by atoms with van der Waals surface area (Å²) in [7, 11) is 0. The minimum absolute atomic E-state index is 0.0244. The maximum absolute atomic E-state index is 14.1. The lowest BCUT2D eigenvalue weighted by Crippen LogP contribution is -2.47. The van der Waals surface area contributed by atoms with Gasteiger partial charge in [-0.3, -0.25) is 4.79 Å². The highest BCUT2D eigenvalue weighted by atomic mass is 35.5. The number of hydrogen-bond acceptors (Lipinski definition) is 5. The number of anilines is 2. The summed E-state index contributed by atoms with van der Waals surface area (Å²) >= 11 is 12.1. The lowest BCUT2D eigenvalue weighted by atomic mass is 9.88. The number of nitrogens with one attached hydrogen (secondary N) is 1. The summed E-state index contributed by atoms with van der Waals surface area (Å²) in [4.78, 5) is 28.8. The molecule has 4 rings (SSSR count). The quantitative estimate of drug-likeness (QED) is 0.374. The molecule has 0 radical (unpaired) electrons. The van der Waals surface area contributed by atoms with E-state index < -0.39 is 17.2 Å². The van der Waals surface area contributed by atoms with Crippen molar-refractivity contribution in [1.29, 1.82) is 0 Å². The first-order chi connectivity index (χ1) is 15.3. The van der Waals surface area contributed by atoms with Gasteiger partial charge in [-0.15, -0.1) is 0 Å². The molecular formula is C22H19Cl2F2N3O3. The Morgan fingerprint density at radius 3 is 2.59 bits per heavy atom. The second kappa shape index (κ2) is 9.06. The van der Waals surface area contributed by atoms with Gasteiger partial charge in [0.25, 0.3) is 0 Å². The van der Waals surface area contributed by atoms with E-state index in [0.717, 1.165) is 0 Å². The third-order valence-electron chi connectivity index (χ3n) is 5.89. The predicted molar refractivity (Wildman–Crippen MR) is 118 cm³/mol. The fourth-order valence-corrected chi connectivity index (χ4v) is 4.50. The average molecular weight is 482 g/mol. The smallest absolute Gasteiger partial charge is 0.235 e. The van der Waals surface area contributed by atoms with Gasteiger partial charge in [0.05, 0.1) is 21.4 Å². The third kappa shape index (κ3) is 4.44. The van der Waals surface area contributed by atoms with Crippen molar-refractivity contribution in [2.24, 2.45) is 4.99 Å². The molecular weight excluding hydrogens is 463 g/mol. The molecule has 32 heavy (non-hydrogen) atoms. The van der Waals surface area contributed by atoms with E-state index in [9.17, 15) is 18.4 Å². The van der Waals surface area contributed by atoms with Crippen LogP contribution in [0.25, 0.3) is 0 Å². The molecule has 2 aliphatic rings. The summed E-state index contributed by atoms with van der Waals surface area (Å²) in [6.07, 6.45) is 3.13. The first-order valence-corrected chi connectivity index (χ1v) is 10.8. The number of carbonyl (C=O) groups excluding carboxylic acids is 2. The topological polar surface area (TPSA) is 71.0 Å². The molecule has 0 aliphatic carbocycles. The molecule has 10 heteroatoms. The van der Waals surface area contributed by atoms with E-state index in [0.29, 0.717) is 49.4 Å². The highest BCUT2D eigenvalue weighted by Crippen LogP contribution is 2.38. The molecule has 0 aromatic heterocycles. The Kier molecular flexibility index (Phi) is 6.38. The van der Waals surface area contributed by atoms with Gasteiger partial charge >= 0.3 is 0 Å². The van der Waals surface area contributed by atoms with E-state index >= 15 is 0 Å². The number of ether oxygens (including phenoxy) is 1. The molecule has 168 valence electrons. The van der Waals surface area contributed by atoms with E-state index in [1.807, 2.05) is 4.90 Å². The summed E-state index contributed by atoms with van der Waals surface area (Å²) in [5.41, 5.74) is 0.489. The van der Waals surface area contributed by atoms with E-state index in [1.165, 1.54) is 24.3 Å². The zero-order valence-electron chi connectivity index (χ0n) is 16.9. The Balaban J connectivity index is 1.50. The highest BCUT2D eigenvalue weighted by molar-refractivity contribution is 6.35. The van der Waals surface area contributed by atoms with Crippen LogP contribution in [0.3, 0.4) is 0 Å². The maximum atomic E-state index is 14.1. The minimum Gasteiger partial charge on any atom is -0.491 e. The van der Waals surface area contributed by atoms with Crippen molar-refractivity contribution in [3.05, 3.63) is 51.5 Å².